The van der Waals surface area contributed by atoms with E-state index in [1.165, 1.54) is 0 Å². The summed E-state index contributed by atoms with van der Waals surface area (Å²) in [5.41, 5.74) is 1.01. The normalized spacial score (nSPS) is 12.5. The Hall–Kier alpha value is -0.550. The molecule has 1 atom stereocenters. The molecule has 1 heterocycles. The topological polar surface area (TPSA) is 42.0 Å². The van der Waals surface area contributed by atoms with Crippen molar-refractivity contribution >= 4 is 29.0 Å². The highest BCUT2D eigenvalue weighted by Crippen LogP contribution is 2.09. The Morgan fingerprint density at radius 3 is 3.00 bits per heavy atom. The van der Waals surface area contributed by atoms with Crippen molar-refractivity contribution in [2.24, 2.45) is 0 Å². The molecule has 0 bridgehead atoms. The molecule has 5 heteroatoms. The number of carbonyl (C=O) groups is 1. The molecular formula is C9H14N2OS2. The van der Waals surface area contributed by atoms with Gasteiger partial charge in [0, 0.05) is 11.1 Å². The van der Waals surface area contributed by atoms with Gasteiger partial charge in [0.1, 0.15) is 5.01 Å². The van der Waals surface area contributed by atoms with E-state index in [1.54, 1.807) is 23.1 Å². The number of nitrogens with one attached hydrogen (secondary N) is 1. The van der Waals surface area contributed by atoms with Crippen LogP contribution in [-0.4, -0.2) is 22.4 Å². The quantitative estimate of drug-likeness (QED) is 0.858. The SMILES string of the molecule is CS[C@H](C)C(=O)NCc1nc(C)cs1. The lowest BCUT2D eigenvalue weighted by atomic mass is 10.4. The molecule has 78 valence electrons. The maximum absolute atomic E-state index is 11.4. The molecule has 0 aromatic carbocycles. The van der Waals surface area contributed by atoms with Gasteiger partial charge in [0.15, 0.2) is 0 Å². The predicted molar refractivity (Wildman–Crippen MR) is 61.7 cm³/mol. The summed E-state index contributed by atoms with van der Waals surface area (Å²) in [6.07, 6.45) is 1.93. The number of carbonyl (C=O) groups excluding carboxylic acids is 1. The van der Waals surface area contributed by atoms with Crippen LogP contribution in [-0.2, 0) is 11.3 Å². The minimum absolute atomic E-state index is 0.0102. The molecule has 3 nitrogen and oxygen atoms in total. The van der Waals surface area contributed by atoms with E-state index in [9.17, 15) is 4.79 Å². The fraction of sp³-hybridized carbons (Fsp3) is 0.556. The van der Waals surface area contributed by atoms with E-state index in [0.29, 0.717) is 6.54 Å². The van der Waals surface area contributed by atoms with Gasteiger partial charge in [-0.15, -0.1) is 11.3 Å². The molecule has 0 saturated heterocycles. The van der Waals surface area contributed by atoms with Gasteiger partial charge in [-0.05, 0) is 20.1 Å². The van der Waals surface area contributed by atoms with Gasteiger partial charge in [0.2, 0.25) is 5.91 Å². The number of aromatic nitrogens is 1. The van der Waals surface area contributed by atoms with E-state index in [-0.39, 0.29) is 11.2 Å². The summed E-state index contributed by atoms with van der Waals surface area (Å²) in [6, 6.07) is 0. The van der Waals surface area contributed by atoms with Crippen LogP contribution in [0.2, 0.25) is 0 Å². The Balaban J connectivity index is 2.37. The number of hydrogen-bond acceptors (Lipinski definition) is 4. The third-order valence-corrected chi connectivity index (χ3v) is 3.69. The van der Waals surface area contributed by atoms with Crippen LogP contribution >= 0.6 is 23.1 Å². The third-order valence-electron chi connectivity index (χ3n) is 1.80. The number of thiazole rings is 1. The molecule has 0 radical (unpaired) electrons. The summed E-state index contributed by atoms with van der Waals surface area (Å²) >= 11 is 3.12. The highest BCUT2D eigenvalue weighted by atomic mass is 32.2. The molecule has 1 aromatic rings. The lowest BCUT2D eigenvalue weighted by Gasteiger charge is -2.07. The Labute approximate surface area is 92.3 Å². The van der Waals surface area contributed by atoms with Crippen molar-refractivity contribution in [1.29, 1.82) is 0 Å². The van der Waals surface area contributed by atoms with Crippen molar-refractivity contribution in [2.75, 3.05) is 6.26 Å². The van der Waals surface area contributed by atoms with Crippen molar-refractivity contribution in [2.45, 2.75) is 25.6 Å². The number of thioether (sulfide) groups is 1. The van der Waals surface area contributed by atoms with Gasteiger partial charge in [-0.1, -0.05) is 0 Å². The molecule has 1 aromatic heterocycles. The fourth-order valence-electron chi connectivity index (χ4n) is 0.897. The van der Waals surface area contributed by atoms with E-state index < -0.39 is 0 Å². The summed E-state index contributed by atoms with van der Waals surface area (Å²) in [5.74, 6) is 0.0744. The lowest BCUT2D eigenvalue weighted by Crippen LogP contribution is -2.30. The van der Waals surface area contributed by atoms with Crippen LogP contribution in [0.1, 0.15) is 17.6 Å². The van der Waals surface area contributed by atoms with Gasteiger partial charge in [0.25, 0.3) is 0 Å². The molecule has 1 N–H and O–H groups in total. The number of hydrogen-bond donors (Lipinski definition) is 1. The molecule has 0 fully saturated rings. The molecular weight excluding hydrogens is 216 g/mol. The fourth-order valence-corrected chi connectivity index (χ4v) is 1.91. The lowest BCUT2D eigenvalue weighted by molar-refractivity contribution is -0.120. The van der Waals surface area contributed by atoms with Crippen LogP contribution in [0.15, 0.2) is 5.38 Å². The highest BCUT2D eigenvalue weighted by molar-refractivity contribution is 7.99. The van der Waals surface area contributed by atoms with Crippen molar-refractivity contribution in [3.63, 3.8) is 0 Å². The maximum atomic E-state index is 11.4. The smallest absolute Gasteiger partial charge is 0.233 e. The Morgan fingerprint density at radius 2 is 2.50 bits per heavy atom. The van der Waals surface area contributed by atoms with Crippen LogP contribution in [0.25, 0.3) is 0 Å². The highest BCUT2D eigenvalue weighted by Gasteiger charge is 2.10. The summed E-state index contributed by atoms with van der Waals surface area (Å²) in [4.78, 5) is 15.7. The molecule has 1 amide bonds. The second-order valence-electron chi connectivity index (χ2n) is 2.98. The van der Waals surface area contributed by atoms with Crippen LogP contribution in [0, 0.1) is 6.92 Å². The first kappa shape index (κ1) is 11.5. The van der Waals surface area contributed by atoms with Gasteiger partial charge in [-0.3, -0.25) is 4.79 Å². The largest absolute Gasteiger partial charge is 0.349 e. The first-order valence-corrected chi connectivity index (χ1v) is 6.51. The number of nitrogens with zero attached hydrogens (tertiary/aromatic N) is 1. The molecule has 0 spiro atoms. The van der Waals surface area contributed by atoms with Crippen LogP contribution < -0.4 is 5.32 Å². The van der Waals surface area contributed by atoms with Crippen molar-refractivity contribution in [1.82, 2.24) is 10.3 Å². The van der Waals surface area contributed by atoms with Gasteiger partial charge in [-0.25, -0.2) is 4.98 Å². The Bertz CT molecular complexity index is 312. The monoisotopic (exact) mass is 230 g/mol. The van der Waals surface area contributed by atoms with Gasteiger partial charge in [-0.2, -0.15) is 11.8 Å². The molecule has 14 heavy (non-hydrogen) atoms. The van der Waals surface area contributed by atoms with Crippen molar-refractivity contribution in [3.8, 4) is 0 Å². The zero-order chi connectivity index (χ0) is 10.6. The molecule has 0 saturated carbocycles. The van der Waals surface area contributed by atoms with Crippen LogP contribution in [0.4, 0.5) is 0 Å². The van der Waals surface area contributed by atoms with Gasteiger partial charge in [0.05, 0.1) is 11.8 Å². The minimum atomic E-state index is 0.0102. The second-order valence-corrected chi connectivity index (χ2v) is 5.10. The number of amides is 1. The first-order chi connectivity index (χ1) is 6.63. The van der Waals surface area contributed by atoms with Crippen molar-refractivity contribution in [3.05, 3.63) is 16.1 Å². The Morgan fingerprint density at radius 1 is 1.79 bits per heavy atom. The van der Waals surface area contributed by atoms with Gasteiger partial charge >= 0.3 is 0 Å². The van der Waals surface area contributed by atoms with E-state index in [1.807, 2.05) is 25.5 Å². The van der Waals surface area contributed by atoms with Crippen molar-refractivity contribution < 1.29 is 4.79 Å². The van der Waals surface area contributed by atoms with E-state index in [0.717, 1.165) is 10.7 Å². The summed E-state index contributed by atoms with van der Waals surface area (Å²) in [6.45, 7) is 4.39. The van der Waals surface area contributed by atoms with Gasteiger partial charge < -0.3 is 5.32 Å². The zero-order valence-electron chi connectivity index (χ0n) is 8.53. The van der Waals surface area contributed by atoms with E-state index >= 15 is 0 Å². The molecule has 1 rings (SSSR count). The second kappa shape index (κ2) is 5.36. The average Bonchev–Trinajstić information content (AvgIpc) is 2.59. The molecule has 0 unspecified atom stereocenters. The molecule has 0 aliphatic heterocycles. The number of aryl methyl sites for hydroxylation is 1. The molecule has 0 aliphatic rings. The van der Waals surface area contributed by atoms with Crippen LogP contribution in [0.3, 0.4) is 0 Å². The molecule has 0 aliphatic carbocycles. The minimum Gasteiger partial charge on any atom is -0.349 e. The first-order valence-electron chi connectivity index (χ1n) is 4.35. The summed E-state index contributed by atoms with van der Waals surface area (Å²) < 4.78 is 0. The predicted octanol–water partition coefficient (Wildman–Crippen LogP) is 1.82. The standard InChI is InChI=1S/C9H14N2OS2/c1-6-5-14-8(11-6)4-10-9(12)7(2)13-3/h5,7H,4H2,1-3H3,(H,10,12)/t7-/m1/s1. The van der Waals surface area contributed by atoms with Crippen LogP contribution in [0.5, 0.6) is 0 Å². The summed E-state index contributed by atoms with van der Waals surface area (Å²) in [7, 11) is 0. The summed E-state index contributed by atoms with van der Waals surface area (Å²) in [5, 5.41) is 5.81. The van der Waals surface area contributed by atoms with E-state index in [4.69, 9.17) is 0 Å². The maximum Gasteiger partial charge on any atom is 0.233 e. The van der Waals surface area contributed by atoms with E-state index in [2.05, 4.69) is 10.3 Å². The average molecular weight is 230 g/mol. The number of rotatable bonds is 4. The Kier molecular flexibility index (Phi) is 4.41. The third kappa shape index (κ3) is 3.31. The zero-order valence-corrected chi connectivity index (χ0v) is 10.2.